The molecule has 1 N–H and O–H groups in total. The predicted octanol–water partition coefficient (Wildman–Crippen LogP) is 2.38. The van der Waals surface area contributed by atoms with E-state index in [9.17, 15) is 4.79 Å². The van der Waals surface area contributed by atoms with Crippen molar-refractivity contribution < 1.29 is 9.53 Å². The van der Waals surface area contributed by atoms with Gasteiger partial charge in [0.2, 0.25) is 5.91 Å². The Kier molecular flexibility index (Phi) is 7.46. The van der Waals surface area contributed by atoms with Gasteiger partial charge in [-0.05, 0) is 18.4 Å². The number of alkyl halides is 1. The lowest BCUT2D eigenvalue weighted by atomic mass is 10.1. The summed E-state index contributed by atoms with van der Waals surface area (Å²) in [5.74, 6) is 0.0488. The SMILES string of the molecule is COCC(Cl)CNC(=O)CCCc1ccccc1. The van der Waals surface area contributed by atoms with Gasteiger partial charge in [-0.25, -0.2) is 0 Å². The minimum Gasteiger partial charge on any atom is -0.383 e. The molecule has 18 heavy (non-hydrogen) atoms. The highest BCUT2D eigenvalue weighted by Crippen LogP contribution is 2.04. The van der Waals surface area contributed by atoms with Crippen LogP contribution < -0.4 is 5.32 Å². The highest BCUT2D eigenvalue weighted by molar-refractivity contribution is 6.21. The number of benzene rings is 1. The zero-order chi connectivity index (χ0) is 13.2. The van der Waals surface area contributed by atoms with Gasteiger partial charge in [0.25, 0.3) is 0 Å². The number of carbonyl (C=O) groups is 1. The third kappa shape index (κ3) is 6.62. The molecule has 0 bridgehead atoms. The number of hydrogen-bond acceptors (Lipinski definition) is 2. The van der Waals surface area contributed by atoms with Crippen LogP contribution in [0.4, 0.5) is 0 Å². The average molecular weight is 270 g/mol. The van der Waals surface area contributed by atoms with Crippen LogP contribution in [-0.4, -0.2) is 31.5 Å². The van der Waals surface area contributed by atoms with Crippen LogP contribution in [0, 0.1) is 0 Å². The molecule has 0 fully saturated rings. The minimum absolute atomic E-state index is 0.0488. The lowest BCUT2D eigenvalue weighted by Gasteiger charge is -2.09. The molecule has 0 aliphatic carbocycles. The topological polar surface area (TPSA) is 38.3 Å². The Bertz CT molecular complexity index is 343. The first-order valence-electron chi connectivity index (χ1n) is 6.16. The lowest BCUT2D eigenvalue weighted by Crippen LogP contribution is -2.31. The summed E-state index contributed by atoms with van der Waals surface area (Å²) in [6.45, 7) is 0.908. The molecule has 0 aliphatic rings. The molecule has 1 atom stereocenters. The molecule has 1 unspecified atom stereocenters. The summed E-state index contributed by atoms with van der Waals surface area (Å²) < 4.78 is 4.89. The standard InChI is InChI=1S/C14H20ClNO2/c1-18-11-13(15)10-16-14(17)9-5-8-12-6-3-2-4-7-12/h2-4,6-7,13H,5,8-11H2,1H3,(H,16,17). The Labute approximate surface area is 113 Å². The molecule has 0 spiro atoms. The van der Waals surface area contributed by atoms with E-state index in [-0.39, 0.29) is 11.3 Å². The molecule has 100 valence electrons. The van der Waals surface area contributed by atoms with Gasteiger partial charge in [-0.2, -0.15) is 0 Å². The lowest BCUT2D eigenvalue weighted by molar-refractivity contribution is -0.121. The predicted molar refractivity (Wildman–Crippen MR) is 73.9 cm³/mol. The van der Waals surface area contributed by atoms with Crippen LogP contribution in [0.3, 0.4) is 0 Å². The van der Waals surface area contributed by atoms with Crippen molar-refractivity contribution in [2.45, 2.75) is 24.6 Å². The van der Waals surface area contributed by atoms with E-state index >= 15 is 0 Å². The molecule has 4 heteroatoms. The summed E-state index contributed by atoms with van der Waals surface area (Å²) >= 11 is 5.92. The quantitative estimate of drug-likeness (QED) is 0.736. The number of aryl methyl sites for hydroxylation is 1. The molecular formula is C14H20ClNO2. The van der Waals surface area contributed by atoms with Crippen molar-refractivity contribution in [3.05, 3.63) is 35.9 Å². The zero-order valence-electron chi connectivity index (χ0n) is 10.7. The molecule has 0 radical (unpaired) electrons. The summed E-state index contributed by atoms with van der Waals surface area (Å²) in [5, 5.41) is 2.64. The van der Waals surface area contributed by atoms with Crippen molar-refractivity contribution in [1.29, 1.82) is 0 Å². The van der Waals surface area contributed by atoms with Crippen molar-refractivity contribution in [1.82, 2.24) is 5.32 Å². The van der Waals surface area contributed by atoms with Crippen LogP contribution in [0.1, 0.15) is 18.4 Å². The van der Waals surface area contributed by atoms with Gasteiger partial charge in [0.05, 0.1) is 12.0 Å². The maximum Gasteiger partial charge on any atom is 0.220 e. The maximum atomic E-state index is 11.5. The van der Waals surface area contributed by atoms with E-state index in [1.54, 1.807) is 7.11 Å². The summed E-state index contributed by atoms with van der Waals surface area (Å²) in [6.07, 6.45) is 2.31. The first kappa shape index (κ1) is 15.0. The number of halogens is 1. The van der Waals surface area contributed by atoms with Gasteiger partial charge in [0.15, 0.2) is 0 Å². The van der Waals surface area contributed by atoms with Gasteiger partial charge < -0.3 is 10.1 Å². The summed E-state index contributed by atoms with van der Waals surface area (Å²) in [6, 6.07) is 10.2. The molecule has 0 saturated carbocycles. The third-order valence-electron chi connectivity index (χ3n) is 2.58. The highest BCUT2D eigenvalue weighted by atomic mass is 35.5. The van der Waals surface area contributed by atoms with Gasteiger partial charge in [0.1, 0.15) is 0 Å². The van der Waals surface area contributed by atoms with E-state index in [4.69, 9.17) is 16.3 Å². The molecule has 3 nitrogen and oxygen atoms in total. The van der Waals surface area contributed by atoms with Crippen molar-refractivity contribution in [3.8, 4) is 0 Å². The van der Waals surface area contributed by atoms with Crippen molar-refractivity contribution in [2.24, 2.45) is 0 Å². The van der Waals surface area contributed by atoms with Crippen molar-refractivity contribution in [3.63, 3.8) is 0 Å². The average Bonchev–Trinajstić information content (AvgIpc) is 2.38. The number of rotatable bonds is 8. The van der Waals surface area contributed by atoms with Crippen molar-refractivity contribution in [2.75, 3.05) is 20.3 Å². The first-order valence-corrected chi connectivity index (χ1v) is 6.59. The second kappa shape index (κ2) is 8.95. The Balaban J connectivity index is 2.10. The molecule has 0 heterocycles. The van der Waals surface area contributed by atoms with Gasteiger partial charge >= 0.3 is 0 Å². The van der Waals surface area contributed by atoms with E-state index in [0.29, 0.717) is 19.6 Å². The number of hydrogen-bond donors (Lipinski definition) is 1. The minimum atomic E-state index is -0.159. The highest BCUT2D eigenvalue weighted by Gasteiger charge is 2.06. The number of amides is 1. The molecular weight excluding hydrogens is 250 g/mol. The molecule has 1 aromatic carbocycles. The smallest absolute Gasteiger partial charge is 0.220 e. The summed E-state index contributed by atoms with van der Waals surface area (Å²) in [5.41, 5.74) is 1.26. The zero-order valence-corrected chi connectivity index (χ0v) is 11.5. The van der Waals surface area contributed by atoms with E-state index in [1.807, 2.05) is 18.2 Å². The van der Waals surface area contributed by atoms with Crippen LogP contribution in [0.15, 0.2) is 30.3 Å². The Morgan fingerprint density at radius 1 is 1.39 bits per heavy atom. The molecule has 1 rings (SSSR count). The van der Waals surface area contributed by atoms with Gasteiger partial charge in [-0.1, -0.05) is 30.3 Å². The summed E-state index contributed by atoms with van der Waals surface area (Å²) in [4.78, 5) is 11.5. The van der Waals surface area contributed by atoms with Crippen LogP contribution in [0.25, 0.3) is 0 Å². The van der Waals surface area contributed by atoms with Crippen LogP contribution in [-0.2, 0) is 16.0 Å². The maximum absolute atomic E-state index is 11.5. The van der Waals surface area contributed by atoms with Crippen molar-refractivity contribution >= 4 is 17.5 Å². The molecule has 1 amide bonds. The van der Waals surface area contributed by atoms with Crippen LogP contribution in [0.5, 0.6) is 0 Å². The fraction of sp³-hybridized carbons (Fsp3) is 0.500. The molecule has 0 saturated heterocycles. The number of ether oxygens (including phenoxy) is 1. The normalized spacial score (nSPS) is 12.1. The van der Waals surface area contributed by atoms with Gasteiger partial charge in [-0.15, -0.1) is 11.6 Å². The Morgan fingerprint density at radius 2 is 2.11 bits per heavy atom. The second-order valence-electron chi connectivity index (χ2n) is 4.20. The van der Waals surface area contributed by atoms with E-state index in [0.717, 1.165) is 12.8 Å². The Morgan fingerprint density at radius 3 is 2.78 bits per heavy atom. The largest absolute Gasteiger partial charge is 0.383 e. The van der Waals surface area contributed by atoms with Gasteiger partial charge in [-0.3, -0.25) is 4.79 Å². The Hall–Kier alpha value is -1.06. The van der Waals surface area contributed by atoms with Crippen LogP contribution in [0.2, 0.25) is 0 Å². The number of nitrogens with one attached hydrogen (secondary N) is 1. The second-order valence-corrected chi connectivity index (χ2v) is 4.81. The number of carbonyl (C=O) groups excluding carboxylic acids is 1. The monoisotopic (exact) mass is 269 g/mol. The molecule has 0 aliphatic heterocycles. The van der Waals surface area contributed by atoms with E-state index < -0.39 is 0 Å². The fourth-order valence-electron chi connectivity index (χ4n) is 1.65. The third-order valence-corrected chi connectivity index (χ3v) is 2.86. The first-order chi connectivity index (χ1) is 8.72. The fourth-order valence-corrected chi connectivity index (χ4v) is 1.85. The van der Waals surface area contributed by atoms with E-state index in [2.05, 4.69) is 17.4 Å². The molecule has 1 aromatic rings. The van der Waals surface area contributed by atoms with Crippen LogP contribution >= 0.6 is 11.6 Å². The number of methoxy groups -OCH3 is 1. The van der Waals surface area contributed by atoms with E-state index in [1.165, 1.54) is 5.56 Å². The summed E-state index contributed by atoms with van der Waals surface area (Å²) in [7, 11) is 1.59. The van der Waals surface area contributed by atoms with Gasteiger partial charge in [0, 0.05) is 20.1 Å². The molecule has 0 aromatic heterocycles.